The van der Waals surface area contributed by atoms with Crippen molar-refractivity contribution in [3.63, 3.8) is 0 Å². The number of nitrogens with zero attached hydrogens (tertiary/aromatic N) is 3. The topological polar surface area (TPSA) is 68.5 Å². The van der Waals surface area contributed by atoms with Crippen LogP contribution in [0.5, 0.6) is 5.75 Å². The van der Waals surface area contributed by atoms with E-state index in [0.29, 0.717) is 34.7 Å². The minimum atomic E-state index is -0.629. The Kier molecular flexibility index (Phi) is 6.88. The van der Waals surface area contributed by atoms with Crippen molar-refractivity contribution in [1.82, 2.24) is 15.1 Å². The van der Waals surface area contributed by atoms with E-state index in [1.165, 1.54) is 0 Å². The lowest BCUT2D eigenvalue weighted by Gasteiger charge is -2.24. The minimum absolute atomic E-state index is 0.134. The van der Waals surface area contributed by atoms with Gasteiger partial charge in [0.25, 0.3) is 5.91 Å². The van der Waals surface area contributed by atoms with Gasteiger partial charge in [-0.05, 0) is 44.5 Å². The molecule has 0 aliphatic carbocycles. The van der Waals surface area contributed by atoms with Crippen LogP contribution >= 0.6 is 11.6 Å². The van der Waals surface area contributed by atoms with Crippen LogP contribution in [0.15, 0.2) is 52.9 Å². The molecular weight excluding hydrogens is 390 g/mol. The van der Waals surface area contributed by atoms with Crippen molar-refractivity contribution in [2.75, 3.05) is 6.54 Å². The molecule has 1 aromatic heterocycles. The van der Waals surface area contributed by atoms with Crippen molar-refractivity contribution in [3.8, 4) is 17.2 Å². The van der Waals surface area contributed by atoms with Gasteiger partial charge in [0, 0.05) is 6.54 Å². The van der Waals surface area contributed by atoms with Crippen LogP contribution in [0.3, 0.4) is 0 Å². The van der Waals surface area contributed by atoms with Crippen molar-refractivity contribution in [1.29, 1.82) is 0 Å². The average Bonchev–Trinajstić information content (AvgIpc) is 3.17. The summed E-state index contributed by atoms with van der Waals surface area (Å²) < 4.78 is 11.6. The van der Waals surface area contributed by atoms with E-state index >= 15 is 0 Å². The van der Waals surface area contributed by atoms with Crippen molar-refractivity contribution in [3.05, 3.63) is 65.0 Å². The standard InChI is InChI=1S/C22H24ClN3O3/c1-4-13-26(22(27)16(3)28-17-11-9-15(2)10-12-17)14-20-24-25-21(29-20)18-7-5-6-8-19(18)23/h5-12,16H,4,13-14H2,1-3H3. The SMILES string of the molecule is CCCN(Cc1nnc(-c2ccccc2Cl)o1)C(=O)C(C)Oc1ccc(C)cc1. The molecule has 3 aromatic rings. The highest BCUT2D eigenvalue weighted by molar-refractivity contribution is 6.33. The number of hydrogen-bond donors (Lipinski definition) is 0. The maximum Gasteiger partial charge on any atom is 0.263 e. The Morgan fingerprint density at radius 1 is 1.17 bits per heavy atom. The maximum absolute atomic E-state index is 12.9. The lowest BCUT2D eigenvalue weighted by atomic mass is 10.2. The number of aromatic nitrogens is 2. The molecule has 0 spiro atoms. The number of ether oxygens (including phenoxy) is 1. The van der Waals surface area contributed by atoms with E-state index in [1.54, 1.807) is 17.9 Å². The van der Waals surface area contributed by atoms with E-state index < -0.39 is 6.10 Å². The molecule has 2 aromatic carbocycles. The third-order valence-electron chi connectivity index (χ3n) is 4.38. The summed E-state index contributed by atoms with van der Waals surface area (Å²) in [6.45, 7) is 6.53. The molecule has 3 rings (SSSR count). The Bertz CT molecular complexity index is 956. The number of carbonyl (C=O) groups is 1. The highest BCUT2D eigenvalue weighted by atomic mass is 35.5. The van der Waals surface area contributed by atoms with Gasteiger partial charge in [-0.25, -0.2) is 0 Å². The number of carbonyl (C=O) groups excluding carboxylic acids is 1. The number of hydrogen-bond acceptors (Lipinski definition) is 5. The van der Waals surface area contributed by atoms with Gasteiger partial charge in [0.05, 0.1) is 17.1 Å². The van der Waals surface area contributed by atoms with Gasteiger partial charge in [0.15, 0.2) is 6.10 Å². The van der Waals surface area contributed by atoms with Crippen LogP contribution < -0.4 is 4.74 Å². The fraction of sp³-hybridized carbons (Fsp3) is 0.318. The molecule has 1 unspecified atom stereocenters. The first-order chi connectivity index (χ1) is 14.0. The van der Waals surface area contributed by atoms with Crippen LogP contribution in [-0.2, 0) is 11.3 Å². The molecule has 29 heavy (non-hydrogen) atoms. The fourth-order valence-electron chi connectivity index (χ4n) is 2.89. The number of benzene rings is 2. The zero-order valence-electron chi connectivity index (χ0n) is 16.8. The Labute approximate surface area is 175 Å². The molecule has 0 fully saturated rings. The lowest BCUT2D eigenvalue weighted by Crippen LogP contribution is -2.40. The molecule has 0 bridgehead atoms. The summed E-state index contributed by atoms with van der Waals surface area (Å²) in [4.78, 5) is 14.6. The van der Waals surface area contributed by atoms with E-state index in [9.17, 15) is 4.79 Å². The van der Waals surface area contributed by atoms with Crippen LogP contribution in [0.4, 0.5) is 0 Å². The number of halogens is 1. The summed E-state index contributed by atoms with van der Waals surface area (Å²) in [5.41, 5.74) is 1.80. The minimum Gasteiger partial charge on any atom is -0.481 e. The smallest absolute Gasteiger partial charge is 0.263 e. The Morgan fingerprint density at radius 2 is 1.90 bits per heavy atom. The van der Waals surface area contributed by atoms with E-state index in [0.717, 1.165) is 12.0 Å². The summed E-state index contributed by atoms with van der Waals surface area (Å²) in [5, 5.41) is 8.68. The first-order valence-electron chi connectivity index (χ1n) is 9.57. The van der Waals surface area contributed by atoms with Crippen molar-refractivity contribution < 1.29 is 13.9 Å². The second kappa shape index (κ2) is 9.56. The Morgan fingerprint density at radius 3 is 2.59 bits per heavy atom. The molecule has 0 saturated carbocycles. The van der Waals surface area contributed by atoms with Gasteiger partial charge in [-0.15, -0.1) is 10.2 Å². The van der Waals surface area contributed by atoms with Gasteiger partial charge in [0.2, 0.25) is 11.8 Å². The quantitative estimate of drug-likeness (QED) is 0.525. The normalized spacial score (nSPS) is 11.9. The first-order valence-corrected chi connectivity index (χ1v) is 9.95. The Hall–Kier alpha value is -2.86. The number of amides is 1. The van der Waals surface area contributed by atoms with Gasteiger partial charge in [-0.2, -0.15) is 0 Å². The molecule has 0 aliphatic rings. The predicted molar refractivity (Wildman–Crippen MR) is 112 cm³/mol. The highest BCUT2D eigenvalue weighted by Crippen LogP contribution is 2.26. The summed E-state index contributed by atoms with van der Waals surface area (Å²) in [7, 11) is 0. The lowest BCUT2D eigenvalue weighted by molar-refractivity contribution is -0.139. The third kappa shape index (κ3) is 5.35. The molecule has 0 aliphatic heterocycles. The molecule has 1 amide bonds. The molecule has 152 valence electrons. The number of rotatable bonds is 8. The van der Waals surface area contributed by atoms with Crippen molar-refractivity contribution >= 4 is 17.5 Å². The largest absolute Gasteiger partial charge is 0.481 e. The van der Waals surface area contributed by atoms with Crippen molar-refractivity contribution in [2.45, 2.75) is 39.8 Å². The molecule has 0 N–H and O–H groups in total. The van der Waals surface area contributed by atoms with Crippen LogP contribution in [0.1, 0.15) is 31.7 Å². The van der Waals surface area contributed by atoms with Crippen LogP contribution in [-0.4, -0.2) is 33.7 Å². The van der Waals surface area contributed by atoms with Gasteiger partial charge >= 0.3 is 0 Å². The second-order valence-electron chi connectivity index (χ2n) is 6.81. The zero-order valence-corrected chi connectivity index (χ0v) is 17.5. The molecule has 6 nitrogen and oxygen atoms in total. The first kappa shape index (κ1) is 20.9. The summed E-state index contributed by atoms with van der Waals surface area (Å²) >= 11 is 6.19. The maximum atomic E-state index is 12.9. The Balaban J connectivity index is 1.70. The second-order valence-corrected chi connectivity index (χ2v) is 7.22. The van der Waals surface area contributed by atoms with E-state index in [1.807, 2.05) is 56.3 Å². The van der Waals surface area contributed by atoms with Gasteiger partial charge in [0.1, 0.15) is 5.75 Å². The molecule has 1 heterocycles. The van der Waals surface area contributed by atoms with Crippen molar-refractivity contribution in [2.24, 2.45) is 0 Å². The molecule has 0 saturated heterocycles. The molecule has 0 radical (unpaired) electrons. The van der Waals surface area contributed by atoms with Crippen LogP contribution in [0.2, 0.25) is 5.02 Å². The summed E-state index contributed by atoms with van der Waals surface area (Å²) in [5.74, 6) is 1.21. The molecule has 7 heteroatoms. The van der Waals surface area contributed by atoms with E-state index in [-0.39, 0.29) is 12.5 Å². The van der Waals surface area contributed by atoms with Gasteiger partial charge in [-0.3, -0.25) is 4.79 Å². The van der Waals surface area contributed by atoms with Crippen LogP contribution in [0.25, 0.3) is 11.5 Å². The third-order valence-corrected chi connectivity index (χ3v) is 4.71. The zero-order chi connectivity index (χ0) is 20.8. The highest BCUT2D eigenvalue weighted by Gasteiger charge is 2.24. The molecule has 1 atom stereocenters. The average molecular weight is 414 g/mol. The fourth-order valence-corrected chi connectivity index (χ4v) is 3.11. The van der Waals surface area contributed by atoms with Gasteiger partial charge < -0.3 is 14.1 Å². The van der Waals surface area contributed by atoms with Crippen LogP contribution in [0, 0.1) is 6.92 Å². The monoisotopic (exact) mass is 413 g/mol. The molecular formula is C22H24ClN3O3. The van der Waals surface area contributed by atoms with E-state index in [4.69, 9.17) is 20.8 Å². The summed E-state index contributed by atoms with van der Waals surface area (Å²) in [6.07, 6.45) is 0.171. The summed E-state index contributed by atoms with van der Waals surface area (Å²) in [6, 6.07) is 14.9. The predicted octanol–water partition coefficient (Wildman–Crippen LogP) is 4.90. The van der Waals surface area contributed by atoms with Gasteiger partial charge in [-0.1, -0.05) is 48.4 Å². The van der Waals surface area contributed by atoms with E-state index in [2.05, 4.69) is 10.2 Å². The number of aryl methyl sites for hydroxylation is 1.